The molecule has 2 aromatic rings. The van der Waals surface area contributed by atoms with Gasteiger partial charge in [-0.3, -0.25) is 9.59 Å². The van der Waals surface area contributed by atoms with E-state index in [0.29, 0.717) is 35.8 Å². The molecule has 0 aliphatic carbocycles. The van der Waals surface area contributed by atoms with Crippen molar-refractivity contribution in [1.82, 2.24) is 0 Å². The van der Waals surface area contributed by atoms with E-state index in [-0.39, 0.29) is 11.8 Å². The molecule has 0 unspecified atom stereocenters. The van der Waals surface area contributed by atoms with Crippen LogP contribution in [0.2, 0.25) is 0 Å². The number of ether oxygens (including phenoxy) is 1. The molecule has 0 spiro atoms. The number of anilines is 2. The van der Waals surface area contributed by atoms with Crippen molar-refractivity contribution >= 4 is 35.0 Å². The monoisotopic (exact) mass is 356 g/mol. The maximum atomic E-state index is 12.2. The van der Waals surface area contributed by atoms with Gasteiger partial charge in [0.15, 0.2) is 0 Å². The summed E-state index contributed by atoms with van der Waals surface area (Å²) in [6, 6.07) is 15.2. The molecule has 3 rings (SSSR count). The lowest BCUT2D eigenvalue weighted by molar-refractivity contribution is -0.117. The zero-order chi connectivity index (χ0) is 17.6. The number of carbonyl (C=O) groups is 2. The molecule has 1 aliphatic rings. The standard InChI is InChI=1S/C19H20N2O3S/c1-24-17-10-9-14(12-16(17)21-11-5-8-19(21)23)20-18(22)13-25-15-6-3-2-4-7-15/h2-4,6-7,9-10,12H,5,8,11,13H2,1H3,(H,20,22). The highest BCUT2D eigenvalue weighted by atomic mass is 32.2. The predicted octanol–water partition coefficient (Wildman–Crippen LogP) is 3.55. The molecule has 1 aliphatic heterocycles. The molecule has 0 bridgehead atoms. The number of nitrogens with one attached hydrogen (secondary N) is 1. The van der Waals surface area contributed by atoms with Crippen molar-refractivity contribution in [2.24, 2.45) is 0 Å². The summed E-state index contributed by atoms with van der Waals surface area (Å²) in [5.41, 5.74) is 1.37. The number of carbonyl (C=O) groups excluding carboxylic acids is 2. The zero-order valence-corrected chi connectivity index (χ0v) is 14.8. The van der Waals surface area contributed by atoms with E-state index in [1.165, 1.54) is 11.8 Å². The van der Waals surface area contributed by atoms with Crippen LogP contribution in [0, 0.1) is 0 Å². The number of hydrogen-bond acceptors (Lipinski definition) is 4. The van der Waals surface area contributed by atoms with Gasteiger partial charge in [0, 0.05) is 23.5 Å². The van der Waals surface area contributed by atoms with Gasteiger partial charge in [0.25, 0.3) is 0 Å². The van der Waals surface area contributed by atoms with E-state index in [1.54, 1.807) is 30.2 Å². The number of thioether (sulfide) groups is 1. The van der Waals surface area contributed by atoms with Gasteiger partial charge < -0.3 is 15.0 Å². The highest BCUT2D eigenvalue weighted by Crippen LogP contribution is 2.34. The summed E-state index contributed by atoms with van der Waals surface area (Å²) < 4.78 is 5.36. The third-order valence-corrected chi connectivity index (χ3v) is 4.95. The van der Waals surface area contributed by atoms with Crippen LogP contribution in [0.4, 0.5) is 11.4 Å². The van der Waals surface area contributed by atoms with Gasteiger partial charge in [0.1, 0.15) is 5.75 Å². The van der Waals surface area contributed by atoms with Gasteiger partial charge in [-0.15, -0.1) is 11.8 Å². The van der Waals surface area contributed by atoms with Gasteiger partial charge >= 0.3 is 0 Å². The SMILES string of the molecule is COc1ccc(NC(=O)CSc2ccccc2)cc1N1CCCC1=O. The Hall–Kier alpha value is -2.47. The minimum absolute atomic E-state index is 0.0846. The fraction of sp³-hybridized carbons (Fsp3) is 0.263. The molecule has 0 aromatic heterocycles. The van der Waals surface area contributed by atoms with E-state index in [2.05, 4.69) is 5.32 Å². The van der Waals surface area contributed by atoms with Crippen LogP contribution < -0.4 is 15.0 Å². The first-order chi connectivity index (χ1) is 12.2. The molecule has 2 amide bonds. The Kier molecular flexibility index (Phi) is 5.60. The minimum atomic E-state index is -0.0854. The molecule has 130 valence electrons. The second-order valence-electron chi connectivity index (χ2n) is 5.69. The number of benzene rings is 2. The Morgan fingerprint density at radius 1 is 1.24 bits per heavy atom. The average Bonchev–Trinajstić information content (AvgIpc) is 3.06. The maximum Gasteiger partial charge on any atom is 0.234 e. The van der Waals surface area contributed by atoms with Crippen LogP contribution >= 0.6 is 11.8 Å². The Bertz CT molecular complexity index is 765. The molecule has 25 heavy (non-hydrogen) atoms. The zero-order valence-electron chi connectivity index (χ0n) is 14.0. The molecular formula is C19H20N2O3S. The number of hydrogen-bond donors (Lipinski definition) is 1. The van der Waals surface area contributed by atoms with Gasteiger partial charge in [-0.25, -0.2) is 0 Å². The molecule has 1 N–H and O–H groups in total. The molecule has 1 fully saturated rings. The first-order valence-electron chi connectivity index (χ1n) is 8.13. The topological polar surface area (TPSA) is 58.6 Å². The molecule has 2 aromatic carbocycles. The number of nitrogens with zero attached hydrogens (tertiary/aromatic N) is 1. The fourth-order valence-corrected chi connectivity index (χ4v) is 3.46. The van der Waals surface area contributed by atoms with Crippen LogP contribution in [-0.2, 0) is 9.59 Å². The smallest absolute Gasteiger partial charge is 0.234 e. The van der Waals surface area contributed by atoms with Gasteiger partial charge in [-0.1, -0.05) is 18.2 Å². The van der Waals surface area contributed by atoms with Crippen molar-refractivity contribution < 1.29 is 14.3 Å². The summed E-state index contributed by atoms with van der Waals surface area (Å²) in [7, 11) is 1.58. The minimum Gasteiger partial charge on any atom is -0.495 e. The van der Waals surface area contributed by atoms with Crippen LogP contribution in [0.5, 0.6) is 5.75 Å². The van der Waals surface area contributed by atoms with Crippen LogP contribution in [0.15, 0.2) is 53.4 Å². The van der Waals surface area contributed by atoms with E-state index in [4.69, 9.17) is 4.74 Å². The first kappa shape index (κ1) is 17.4. The van der Waals surface area contributed by atoms with Crippen molar-refractivity contribution in [2.45, 2.75) is 17.7 Å². The summed E-state index contributed by atoms with van der Waals surface area (Å²) in [6.45, 7) is 0.677. The number of methoxy groups -OCH3 is 1. The lowest BCUT2D eigenvalue weighted by atomic mass is 10.2. The molecule has 0 atom stereocenters. The average molecular weight is 356 g/mol. The van der Waals surface area contributed by atoms with Gasteiger partial charge in [0.2, 0.25) is 11.8 Å². The molecule has 5 nitrogen and oxygen atoms in total. The number of amides is 2. The third kappa shape index (κ3) is 4.33. The highest BCUT2D eigenvalue weighted by Gasteiger charge is 2.24. The lowest BCUT2D eigenvalue weighted by Gasteiger charge is -2.20. The van der Waals surface area contributed by atoms with E-state index >= 15 is 0 Å². The predicted molar refractivity (Wildman–Crippen MR) is 100 cm³/mol. The molecule has 1 heterocycles. The summed E-state index contributed by atoms with van der Waals surface area (Å²) in [4.78, 5) is 27.0. The largest absolute Gasteiger partial charge is 0.495 e. The van der Waals surface area contributed by atoms with Gasteiger partial charge in [0.05, 0.1) is 18.6 Å². The fourth-order valence-electron chi connectivity index (χ4n) is 2.74. The van der Waals surface area contributed by atoms with E-state index in [9.17, 15) is 9.59 Å². The van der Waals surface area contributed by atoms with Crippen LogP contribution in [0.3, 0.4) is 0 Å². The van der Waals surface area contributed by atoms with Crippen molar-refractivity contribution in [3.63, 3.8) is 0 Å². The van der Waals surface area contributed by atoms with E-state index in [0.717, 1.165) is 11.3 Å². The van der Waals surface area contributed by atoms with E-state index in [1.807, 2.05) is 30.3 Å². The summed E-state index contributed by atoms with van der Waals surface area (Å²) in [5, 5.41) is 2.89. The third-order valence-electron chi connectivity index (χ3n) is 3.94. The molecule has 6 heteroatoms. The quantitative estimate of drug-likeness (QED) is 0.804. The van der Waals surface area contributed by atoms with Crippen molar-refractivity contribution in [1.29, 1.82) is 0 Å². The van der Waals surface area contributed by atoms with Crippen molar-refractivity contribution in [3.05, 3.63) is 48.5 Å². The van der Waals surface area contributed by atoms with Crippen LogP contribution in [0.25, 0.3) is 0 Å². The van der Waals surface area contributed by atoms with E-state index < -0.39 is 0 Å². The Labute approximate surface area is 151 Å². The Morgan fingerprint density at radius 3 is 2.72 bits per heavy atom. The molecule has 0 saturated carbocycles. The van der Waals surface area contributed by atoms with Gasteiger partial charge in [-0.05, 0) is 36.8 Å². The Morgan fingerprint density at radius 2 is 2.04 bits per heavy atom. The van der Waals surface area contributed by atoms with Crippen molar-refractivity contribution in [2.75, 3.05) is 29.6 Å². The van der Waals surface area contributed by atoms with Crippen LogP contribution in [0.1, 0.15) is 12.8 Å². The highest BCUT2D eigenvalue weighted by molar-refractivity contribution is 8.00. The summed E-state index contributed by atoms with van der Waals surface area (Å²) >= 11 is 1.48. The number of rotatable bonds is 6. The second-order valence-corrected chi connectivity index (χ2v) is 6.73. The Balaban J connectivity index is 1.67. The summed E-state index contributed by atoms with van der Waals surface area (Å²) in [5.74, 6) is 0.958. The molecular weight excluding hydrogens is 336 g/mol. The van der Waals surface area contributed by atoms with Gasteiger partial charge in [-0.2, -0.15) is 0 Å². The van der Waals surface area contributed by atoms with Crippen LogP contribution in [-0.4, -0.2) is 31.2 Å². The summed E-state index contributed by atoms with van der Waals surface area (Å²) in [6.07, 6.45) is 1.39. The normalized spacial score (nSPS) is 13.8. The lowest BCUT2D eigenvalue weighted by Crippen LogP contribution is -2.24. The molecule has 0 radical (unpaired) electrons. The second kappa shape index (κ2) is 8.07. The maximum absolute atomic E-state index is 12.2. The van der Waals surface area contributed by atoms with Crippen molar-refractivity contribution in [3.8, 4) is 5.75 Å². The first-order valence-corrected chi connectivity index (χ1v) is 9.12. The molecule has 1 saturated heterocycles.